The molecule has 144 valence electrons. The van der Waals surface area contributed by atoms with E-state index in [2.05, 4.69) is 45.9 Å². The standard InChI is InChI=1S/C24H30O3/c1-23(2)12-13-24(3,4)21-15-17(9-10-20(21)23)11-14-27-16-18-7-5-6-8-19(18)22(25)26/h5-10,15H,11-14,16H2,1-4H3,(H,25,26). The number of hydrogen-bond acceptors (Lipinski definition) is 2. The third-order valence-electron chi connectivity index (χ3n) is 5.96. The van der Waals surface area contributed by atoms with E-state index in [4.69, 9.17) is 4.74 Å². The summed E-state index contributed by atoms with van der Waals surface area (Å²) in [6.45, 7) is 10.3. The fourth-order valence-corrected chi connectivity index (χ4v) is 4.02. The zero-order chi connectivity index (χ0) is 19.7. The van der Waals surface area contributed by atoms with Crippen LogP contribution in [0.1, 0.15) is 73.1 Å². The predicted molar refractivity (Wildman–Crippen MR) is 108 cm³/mol. The van der Waals surface area contributed by atoms with Gasteiger partial charge in [-0.25, -0.2) is 4.79 Å². The summed E-state index contributed by atoms with van der Waals surface area (Å²) < 4.78 is 5.79. The van der Waals surface area contributed by atoms with Gasteiger partial charge >= 0.3 is 5.97 Å². The van der Waals surface area contributed by atoms with Crippen molar-refractivity contribution in [2.24, 2.45) is 0 Å². The van der Waals surface area contributed by atoms with Crippen molar-refractivity contribution in [3.05, 3.63) is 70.3 Å². The van der Waals surface area contributed by atoms with Crippen molar-refractivity contribution >= 4 is 5.97 Å². The number of rotatable bonds is 6. The summed E-state index contributed by atoms with van der Waals surface area (Å²) in [6, 6.07) is 13.9. The van der Waals surface area contributed by atoms with Crippen molar-refractivity contribution in [2.75, 3.05) is 6.61 Å². The number of benzene rings is 2. The lowest BCUT2D eigenvalue weighted by molar-refractivity contribution is 0.0687. The lowest BCUT2D eigenvalue weighted by Gasteiger charge is -2.42. The van der Waals surface area contributed by atoms with Crippen LogP contribution in [0.3, 0.4) is 0 Å². The normalized spacial score (nSPS) is 17.3. The molecule has 1 aliphatic rings. The molecule has 0 bridgehead atoms. The molecule has 0 unspecified atom stereocenters. The molecule has 0 radical (unpaired) electrons. The second-order valence-corrected chi connectivity index (χ2v) is 8.91. The Morgan fingerprint density at radius 1 is 1.00 bits per heavy atom. The van der Waals surface area contributed by atoms with Crippen LogP contribution < -0.4 is 0 Å². The summed E-state index contributed by atoms with van der Waals surface area (Å²) >= 11 is 0. The third kappa shape index (κ3) is 4.24. The topological polar surface area (TPSA) is 46.5 Å². The van der Waals surface area contributed by atoms with Crippen LogP contribution in [0.15, 0.2) is 42.5 Å². The van der Waals surface area contributed by atoms with Crippen molar-refractivity contribution in [3.63, 3.8) is 0 Å². The predicted octanol–water partition coefficient (Wildman–Crippen LogP) is 5.49. The minimum Gasteiger partial charge on any atom is -0.478 e. The van der Waals surface area contributed by atoms with E-state index in [1.807, 2.05) is 12.1 Å². The molecule has 0 amide bonds. The number of fused-ring (bicyclic) bond motifs is 1. The summed E-state index contributed by atoms with van der Waals surface area (Å²) in [6.07, 6.45) is 3.26. The first-order chi connectivity index (χ1) is 12.7. The van der Waals surface area contributed by atoms with E-state index < -0.39 is 5.97 Å². The zero-order valence-electron chi connectivity index (χ0n) is 16.8. The Labute approximate surface area is 162 Å². The van der Waals surface area contributed by atoms with E-state index in [0.717, 1.165) is 12.0 Å². The molecular weight excluding hydrogens is 336 g/mol. The Balaban J connectivity index is 1.66. The van der Waals surface area contributed by atoms with Crippen molar-refractivity contribution in [1.82, 2.24) is 0 Å². The average molecular weight is 367 g/mol. The Kier molecular flexibility index (Phi) is 5.43. The number of carboxylic acid groups (broad SMARTS) is 1. The lowest BCUT2D eigenvalue weighted by atomic mass is 9.63. The van der Waals surface area contributed by atoms with E-state index in [1.54, 1.807) is 12.1 Å². The fourth-order valence-electron chi connectivity index (χ4n) is 4.02. The number of carbonyl (C=O) groups is 1. The van der Waals surface area contributed by atoms with Gasteiger partial charge in [0.2, 0.25) is 0 Å². The van der Waals surface area contributed by atoms with Gasteiger partial charge in [-0.05, 0) is 58.4 Å². The molecule has 0 aromatic heterocycles. The van der Waals surface area contributed by atoms with E-state index in [1.165, 1.54) is 29.5 Å². The van der Waals surface area contributed by atoms with Crippen LogP contribution in [0.25, 0.3) is 0 Å². The van der Waals surface area contributed by atoms with Crippen LogP contribution in [0.5, 0.6) is 0 Å². The minimum atomic E-state index is -0.909. The Morgan fingerprint density at radius 2 is 1.67 bits per heavy atom. The van der Waals surface area contributed by atoms with Gasteiger partial charge in [-0.3, -0.25) is 0 Å². The lowest BCUT2D eigenvalue weighted by Crippen LogP contribution is -2.33. The van der Waals surface area contributed by atoms with Crippen LogP contribution >= 0.6 is 0 Å². The number of aromatic carboxylic acids is 1. The van der Waals surface area contributed by atoms with Gasteiger partial charge in [0.1, 0.15) is 0 Å². The van der Waals surface area contributed by atoms with Crippen molar-refractivity contribution in [2.45, 2.75) is 64.4 Å². The second-order valence-electron chi connectivity index (χ2n) is 8.91. The maximum Gasteiger partial charge on any atom is 0.336 e. The first kappa shape index (κ1) is 19.6. The van der Waals surface area contributed by atoms with E-state index in [-0.39, 0.29) is 10.8 Å². The van der Waals surface area contributed by atoms with Gasteiger partial charge in [0, 0.05) is 0 Å². The molecule has 2 aromatic rings. The maximum absolute atomic E-state index is 11.3. The van der Waals surface area contributed by atoms with E-state index in [9.17, 15) is 9.90 Å². The smallest absolute Gasteiger partial charge is 0.336 e. The van der Waals surface area contributed by atoms with Crippen LogP contribution in [-0.2, 0) is 28.6 Å². The number of hydrogen-bond donors (Lipinski definition) is 1. The highest BCUT2D eigenvalue weighted by Gasteiger charge is 2.36. The maximum atomic E-state index is 11.3. The first-order valence-corrected chi connectivity index (χ1v) is 9.73. The van der Waals surface area contributed by atoms with Crippen molar-refractivity contribution < 1.29 is 14.6 Å². The van der Waals surface area contributed by atoms with E-state index in [0.29, 0.717) is 18.8 Å². The molecule has 0 saturated carbocycles. The Hall–Kier alpha value is -2.13. The highest BCUT2D eigenvalue weighted by Crippen LogP contribution is 2.45. The molecule has 1 aliphatic carbocycles. The van der Waals surface area contributed by atoms with Gasteiger partial charge in [0.05, 0.1) is 18.8 Å². The van der Waals surface area contributed by atoms with Gasteiger partial charge < -0.3 is 9.84 Å². The number of ether oxygens (including phenoxy) is 1. The molecule has 1 N–H and O–H groups in total. The molecule has 3 nitrogen and oxygen atoms in total. The molecular formula is C24H30O3. The molecule has 0 saturated heterocycles. The van der Waals surface area contributed by atoms with Crippen LogP contribution in [0.2, 0.25) is 0 Å². The first-order valence-electron chi connectivity index (χ1n) is 9.73. The molecule has 0 fully saturated rings. The SMILES string of the molecule is CC1(C)CCC(C)(C)c2cc(CCOCc3ccccc3C(=O)O)ccc21. The molecule has 2 aromatic carbocycles. The monoisotopic (exact) mass is 366 g/mol. The second kappa shape index (κ2) is 7.47. The summed E-state index contributed by atoms with van der Waals surface area (Å²) in [5.41, 5.74) is 5.70. The molecule has 0 spiro atoms. The molecule has 0 aliphatic heterocycles. The minimum absolute atomic E-state index is 0.210. The van der Waals surface area contributed by atoms with Gasteiger partial charge in [-0.15, -0.1) is 0 Å². The third-order valence-corrected chi connectivity index (χ3v) is 5.96. The summed E-state index contributed by atoms with van der Waals surface area (Å²) in [5, 5.41) is 9.25. The molecule has 3 heteroatoms. The van der Waals surface area contributed by atoms with Crippen LogP contribution in [0, 0.1) is 0 Å². The van der Waals surface area contributed by atoms with Gasteiger partial charge in [0.15, 0.2) is 0 Å². The average Bonchev–Trinajstić information content (AvgIpc) is 2.63. The van der Waals surface area contributed by atoms with Crippen molar-refractivity contribution in [1.29, 1.82) is 0 Å². The fraction of sp³-hybridized carbons (Fsp3) is 0.458. The Morgan fingerprint density at radius 3 is 2.37 bits per heavy atom. The highest BCUT2D eigenvalue weighted by atomic mass is 16.5. The Bertz CT molecular complexity index is 833. The summed E-state index contributed by atoms with van der Waals surface area (Å²) in [4.78, 5) is 11.3. The van der Waals surface area contributed by atoms with Gasteiger partial charge in [-0.2, -0.15) is 0 Å². The van der Waals surface area contributed by atoms with Gasteiger partial charge in [-0.1, -0.05) is 64.1 Å². The van der Waals surface area contributed by atoms with Crippen molar-refractivity contribution in [3.8, 4) is 0 Å². The molecule has 0 heterocycles. The van der Waals surface area contributed by atoms with E-state index >= 15 is 0 Å². The molecule has 27 heavy (non-hydrogen) atoms. The zero-order valence-corrected chi connectivity index (χ0v) is 16.8. The molecule has 0 atom stereocenters. The van der Waals surface area contributed by atoms with Crippen LogP contribution in [0.4, 0.5) is 0 Å². The quantitative estimate of drug-likeness (QED) is 0.687. The largest absolute Gasteiger partial charge is 0.478 e. The summed E-state index contributed by atoms with van der Waals surface area (Å²) in [7, 11) is 0. The summed E-state index contributed by atoms with van der Waals surface area (Å²) in [5.74, 6) is -0.909. The number of carboxylic acids is 1. The van der Waals surface area contributed by atoms with Gasteiger partial charge in [0.25, 0.3) is 0 Å². The van der Waals surface area contributed by atoms with Crippen LogP contribution in [-0.4, -0.2) is 17.7 Å². The highest BCUT2D eigenvalue weighted by molar-refractivity contribution is 5.89. The molecule has 3 rings (SSSR count).